The highest BCUT2D eigenvalue weighted by atomic mass is 32.2. The summed E-state index contributed by atoms with van der Waals surface area (Å²) in [5.41, 5.74) is 5.68. The number of nitrogens with zero attached hydrogens (tertiary/aromatic N) is 2. The highest BCUT2D eigenvalue weighted by Crippen LogP contribution is 2.17. The zero-order valence-electron chi connectivity index (χ0n) is 7.43. The number of anilines is 2. The lowest BCUT2D eigenvalue weighted by Gasteiger charge is -2.03. The van der Waals surface area contributed by atoms with E-state index in [2.05, 4.69) is 25.1 Å². The number of rotatable bonds is 3. The molecule has 15 heavy (non-hydrogen) atoms. The molecule has 0 saturated heterocycles. The predicted molar refractivity (Wildman–Crippen MR) is 52.4 cm³/mol. The van der Waals surface area contributed by atoms with Crippen LogP contribution in [0.1, 0.15) is 0 Å². The molecule has 0 amide bonds. The molecular weight excluding hydrogens is 220 g/mol. The first-order valence-electron chi connectivity index (χ1n) is 3.90. The number of sulfonamides is 1. The zero-order valence-corrected chi connectivity index (χ0v) is 8.25. The van der Waals surface area contributed by atoms with E-state index in [1.54, 1.807) is 0 Å². The predicted octanol–water partition coefficient (Wildman–Crippen LogP) is -0.484. The van der Waals surface area contributed by atoms with E-state index in [0.717, 1.165) is 0 Å². The van der Waals surface area contributed by atoms with Crippen molar-refractivity contribution >= 4 is 21.5 Å². The number of H-pyrrole nitrogens is 2. The Morgan fingerprint density at radius 2 is 2.13 bits per heavy atom. The van der Waals surface area contributed by atoms with Crippen molar-refractivity contribution in [2.75, 3.05) is 10.5 Å². The third-order valence-corrected chi connectivity index (χ3v) is 3.01. The van der Waals surface area contributed by atoms with Crippen molar-refractivity contribution in [1.29, 1.82) is 0 Å². The van der Waals surface area contributed by atoms with Crippen LogP contribution in [0.25, 0.3) is 0 Å². The molecule has 0 aliphatic rings. The summed E-state index contributed by atoms with van der Waals surface area (Å²) in [4.78, 5) is 0.0245. The molecule has 0 aliphatic heterocycles. The second-order valence-corrected chi connectivity index (χ2v) is 4.42. The topological polar surface area (TPSA) is 130 Å². The van der Waals surface area contributed by atoms with Crippen molar-refractivity contribution in [1.82, 2.24) is 20.4 Å². The maximum atomic E-state index is 11.6. The quantitative estimate of drug-likeness (QED) is 0.563. The van der Waals surface area contributed by atoms with E-state index < -0.39 is 10.0 Å². The lowest BCUT2D eigenvalue weighted by Crippen LogP contribution is -2.13. The van der Waals surface area contributed by atoms with E-state index >= 15 is 0 Å². The molecule has 2 rings (SSSR count). The Bertz CT molecular complexity index is 542. The van der Waals surface area contributed by atoms with Crippen LogP contribution in [0.15, 0.2) is 23.5 Å². The van der Waals surface area contributed by atoms with E-state index in [4.69, 9.17) is 5.73 Å². The molecule has 0 bridgehead atoms. The van der Waals surface area contributed by atoms with Crippen LogP contribution in [0.3, 0.4) is 0 Å². The normalized spacial score (nSPS) is 11.5. The minimum absolute atomic E-state index is 0.0245. The van der Waals surface area contributed by atoms with E-state index in [1.165, 1.54) is 18.6 Å². The fourth-order valence-corrected chi connectivity index (χ4v) is 1.91. The van der Waals surface area contributed by atoms with Crippen LogP contribution in [0.5, 0.6) is 0 Å². The first-order valence-corrected chi connectivity index (χ1v) is 5.38. The SMILES string of the molecule is Nc1cn[nH]c1NS(=O)(=O)c1cn[nH]c1. The number of aromatic amines is 2. The van der Waals surface area contributed by atoms with E-state index in [-0.39, 0.29) is 16.4 Å². The van der Waals surface area contributed by atoms with Gasteiger partial charge in [-0.1, -0.05) is 0 Å². The van der Waals surface area contributed by atoms with Gasteiger partial charge in [-0.05, 0) is 0 Å². The number of hydrogen-bond donors (Lipinski definition) is 4. The molecule has 2 heterocycles. The maximum Gasteiger partial charge on any atom is 0.266 e. The van der Waals surface area contributed by atoms with E-state index in [9.17, 15) is 8.42 Å². The van der Waals surface area contributed by atoms with Gasteiger partial charge in [0, 0.05) is 6.20 Å². The Morgan fingerprint density at radius 1 is 1.33 bits per heavy atom. The second kappa shape index (κ2) is 3.28. The second-order valence-electron chi connectivity index (χ2n) is 2.74. The van der Waals surface area contributed by atoms with Crippen LogP contribution in [0.4, 0.5) is 11.5 Å². The Balaban J connectivity index is 2.31. The van der Waals surface area contributed by atoms with Crippen molar-refractivity contribution in [2.45, 2.75) is 4.90 Å². The highest BCUT2D eigenvalue weighted by molar-refractivity contribution is 7.92. The Morgan fingerprint density at radius 3 is 2.67 bits per heavy atom. The minimum atomic E-state index is -3.66. The highest BCUT2D eigenvalue weighted by Gasteiger charge is 2.17. The number of aromatic nitrogens is 4. The Labute approximate surface area is 84.9 Å². The molecule has 0 unspecified atom stereocenters. The number of hydrogen-bond acceptors (Lipinski definition) is 5. The monoisotopic (exact) mass is 228 g/mol. The van der Waals surface area contributed by atoms with E-state index in [0.29, 0.717) is 0 Å². The van der Waals surface area contributed by atoms with Gasteiger partial charge in [0.15, 0.2) is 5.82 Å². The molecule has 2 aromatic rings. The van der Waals surface area contributed by atoms with Crippen LogP contribution >= 0.6 is 0 Å². The maximum absolute atomic E-state index is 11.6. The molecule has 0 atom stereocenters. The molecule has 0 aromatic carbocycles. The minimum Gasteiger partial charge on any atom is -0.394 e. The van der Waals surface area contributed by atoms with Crippen molar-refractivity contribution in [3.05, 3.63) is 18.6 Å². The largest absolute Gasteiger partial charge is 0.394 e. The van der Waals surface area contributed by atoms with Gasteiger partial charge in [0.05, 0.1) is 18.1 Å². The molecule has 0 aliphatic carbocycles. The summed E-state index contributed by atoms with van der Waals surface area (Å²) < 4.78 is 25.5. The molecular formula is C6H8N6O2S. The summed E-state index contributed by atoms with van der Waals surface area (Å²) in [6, 6.07) is 0. The smallest absolute Gasteiger partial charge is 0.266 e. The molecule has 0 fully saturated rings. The average molecular weight is 228 g/mol. The zero-order chi connectivity index (χ0) is 10.9. The Kier molecular flexibility index (Phi) is 2.08. The standard InChI is InChI=1S/C6H8N6O2S/c7-5-3-10-11-6(5)12-15(13,14)4-1-8-9-2-4/h1-3H,7H2,(H,8,9)(H2,10,11,12). The third kappa shape index (κ3) is 1.76. The van der Waals surface area contributed by atoms with Crippen LogP contribution in [-0.4, -0.2) is 28.8 Å². The van der Waals surface area contributed by atoms with Crippen molar-refractivity contribution < 1.29 is 8.42 Å². The van der Waals surface area contributed by atoms with Crippen molar-refractivity contribution in [2.24, 2.45) is 0 Å². The molecule has 5 N–H and O–H groups in total. The summed E-state index contributed by atoms with van der Waals surface area (Å²) in [7, 11) is -3.66. The van der Waals surface area contributed by atoms with Crippen LogP contribution in [-0.2, 0) is 10.0 Å². The lowest BCUT2D eigenvalue weighted by atomic mass is 10.6. The fourth-order valence-electron chi connectivity index (χ4n) is 0.957. The number of nitrogen functional groups attached to an aromatic ring is 1. The van der Waals surface area contributed by atoms with Gasteiger partial charge in [-0.25, -0.2) is 8.42 Å². The summed E-state index contributed by atoms with van der Waals surface area (Å²) in [6.07, 6.45) is 3.76. The fraction of sp³-hybridized carbons (Fsp3) is 0. The van der Waals surface area contributed by atoms with Gasteiger partial charge in [0.2, 0.25) is 0 Å². The van der Waals surface area contributed by atoms with Gasteiger partial charge >= 0.3 is 0 Å². The van der Waals surface area contributed by atoms with Gasteiger partial charge in [0.25, 0.3) is 10.0 Å². The number of nitrogens with one attached hydrogen (secondary N) is 3. The molecule has 9 heteroatoms. The third-order valence-electron chi connectivity index (χ3n) is 1.69. The molecule has 8 nitrogen and oxygen atoms in total. The first kappa shape index (κ1) is 9.52. The molecule has 0 saturated carbocycles. The van der Waals surface area contributed by atoms with Crippen molar-refractivity contribution in [3.63, 3.8) is 0 Å². The molecule has 0 spiro atoms. The summed E-state index contributed by atoms with van der Waals surface area (Å²) in [5.74, 6) is 0.135. The first-order chi connectivity index (χ1) is 7.09. The Hall–Kier alpha value is -2.03. The summed E-state index contributed by atoms with van der Waals surface area (Å²) in [6.45, 7) is 0. The van der Waals surface area contributed by atoms with Gasteiger partial charge < -0.3 is 5.73 Å². The number of nitrogens with two attached hydrogens (primary N) is 1. The van der Waals surface area contributed by atoms with Crippen molar-refractivity contribution in [3.8, 4) is 0 Å². The van der Waals surface area contributed by atoms with Gasteiger partial charge in [0.1, 0.15) is 4.90 Å². The van der Waals surface area contributed by atoms with Gasteiger partial charge in [-0.15, -0.1) is 0 Å². The van der Waals surface area contributed by atoms with Crippen LogP contribution in [0.2, 0.25) is 0 Å². The molecule has 2 aromatic heterocycles. The molecule has 0 radical (unpaired) electrons. The lowest BCUT2D eigenvalue weighted by molar-refractivity contribution is 0.601. The summed E-state index contributed by atoms with van der Waals surface area (Å²) in [5, 5.41) is 12.0. The van der Waals surface area contributed by atoms with Gasteiger partial charge in [-0.3, -0.25) is 14.9 Å². The van der Waals surface area contributed by atoms with Crippen LogP contribution in [0, 0.1) is 0 Å². The molecule has 80 valence electrons. The van der Waals surface area contributed by atoms with E-state index in [1.807, 2.05) is 0 Å². The van der Waals surface area contributed by atoms with Gasteiger partial charge in [-0.2, -0.15) is 10.2 Å². The van der Waals surface area contributed by atoms with Crippen LogP contribution < -0.4 is 10.5 Å². The summed E-state index contributed by atoms with van der Waals surface area (Å²) >= 11 is 0. The average Bonchev–Trinajstić information content (AvgIpc) is 2.77.